The summed E-state index contributed by atoms with van der Waals surface area (Å²) < 4.78 is 38.8. The second-order valence-corrected chi connectivity index (χ2v) is 6.44. The summed E-state index contributed by atoms with van der Waals surface area (Å²) in [4.78, 5) is 15.3. The predicted molar refractivity (Wildman–Crippen MR) is 77.9 cm³/mol. The first-order valence-electron chi connectivity index (χ1n) is 6.26. The number of carbonyl (C=O) groups excluding carboxylic acids is 1. The van der Waals surface area contributed by atoms with E-state index >= 15 is 0 Å². The molecule has 0 aliphatic carbocycles. The van der Waals surface area contributed by atoms with E-state index in [0.29, 0.717) is 0 Å². The summed E-state index contributed by atoms with van der Waals surface area (Å²) in [6, 6.07) is 0.949. The van der Waals surface area contributed by atoms with Crippen LogP contribution in [-0.4, -0.2) is 23.0 Å². The lowest BCUT2D eigenvalue weighted by Gasteiger charge is -2.20. The lowest BCUT2D eigenvalue weighted by atomic mass is 10.1. The Labute approximate surface area is 129 Å². The highest BCUT2D eigenvalue weighted by Gasteiger charge is 2.34. The van der Waals surface area contributed by atoms with Crippen LogP contribution in [0.4, 0.5) is 19.0 Å². The molecule has 0 spiro atoms. The SMILES string of the molecule is CC(C)(C)NC(=O)CCNc1ncc(Br)cc1C(F)(F)F. The van der Waals surface area contributed by atoms with Gasteiger partial charge in [0.15, 0.2) is 0 Å². The highest BCUT2D eigenvalue weighted by molar-refractivity contribution is 9.10. The van der Waals surface area contributed by atoms with Crippen molar-refractivity contribution in [2.24, 2.45) is 0 Å². The maximum atomic E-state index is 12.9. The van der Waals surface area contributed by atoms with Crippen LogP contribution in [0.1, 0.15) is 32.8 Å². The minimum atomic E-state index is -4.51. The van der Waals surface area contributed by atoms with Crippen molar-refractivity contribution in [3.63, 3.8) is 0 Å². The molecule has 1 amide bonds. The third-order valence-corrected chi connectivity index (χ3v) is 2.75. The number of carbonyl (C=O) groups is 1. The molecule has 0 aromatic carbocycles. The molecule has 1 rings (SSSR count). The van der Waals surface area contributed by atoms with Gasteiger partial charge in [-0.05, 0) is 42.8 Å². The number of rotatable bonds is 4. The molecule has 0 saturated carbocycles. The molecule has 1 aromatic rings. The van der Waals surface area contributed by atoms with E-state index in [0.717, 1.165) is 6.07 Å². The van der Waals surface area contributed by atoms with Gasteiger partial charge in [0, 0.05) is 29.2 Å². The average Bonchev–Trinajstić information content (AvgIpc) is 2.27. The molecule has 0 unspecified atom stereocenters. The zero-order chi connectivity index (χ0) is 16.3. The smallest absolute Gasteiger partial charge is 0.369 e. The number of nitrogens with zero attached hydrogens (tertiary/aromatic N) is 1. The molecular weight excluding hydrogens is 351 g/mol. The summed E-state index contributed by atoms with van der Waals surface area (Å²) in [7, 11) is 0. The van der Waals surface area contributed by atoms with E-state index in [1.54, 1.807) is 0 Å². The number of anilines is 1. The molecule has 0 saturated heterocycles. The third-order valence-electron chi connectivity index (χ3n) is 2.32. The third kappa shape index (κ3) is 6.33. The highest BCUT2D eigenvalue weighted by atomic mass is 79.9. The molecule has 4 nitrogen and oxygen atoms in total. The van der Waals surface area contributed by atoms with Crippen LogP contribution in [0, 0.1) is 0 Å². The van der Waals surface area contributed by atoms with Crippen LogP contribution in [0.3, 0.4) is 0 Å². The monoisotopic (exact) mass is 367 g/mol. The van der Waals surface area contributed by atoms with E-state index in [1.165, 1.54) is 6.20 Å². The summed E-state index contributed by atoms with van der Waals surface area (Å²) in [5, 5.41) is 5.28. The fourth-order valence-electron chi connectivity index (χ4n) is 1.57. The van der Waals surface area contributed by atoms with E-state index in [4.69, 9.17) is 0 Å². The van der Waals surface area contributed by atoms with Gasteiger partial charge in [-0.15, -0.1) is 0 Å². The normalized spacial score (nSPS) is 12.1. The van der Waals surface area contributed by atoms with Crippen LogP contribution in [0.25, 0.3) is 0 Å². The number of alkyl halides is 3. The quantitative estimate of drug-likeness (QED) is 0.854. The first-order chi connectivity index (χ1) is 9.49. The zero-order valence-corrected chi connectivity index (χ0v) is 13.5. The van der Waals surface area contributed by atoms with Crippen molar-refractivity contribution in [3.05, 3.63) is 22.3 Å². The standard InChI is InChI=1S/C13H17BrF3N3O/c1-12(2,3)20-10(21)4-5-18-11-9(13(15,16)17)6-8(14)7-19-11/h6-7H,4-5H2,1-3H3,(H,18,19)(H,20,21). The van der Waals surface area contributed by atoms with E-state index in [2.05, 4.69) is 31.5 Å². The number of hydrogen-bond donors (Lipinski definition) is 2. The van der Waals surface area contributed by atoms with E-state index in [9.17, 15) is 18.0 Å². The van der Waals surface area contributed by atoms with Crippen molar-refractivity contribution >= 4 is 27.7 Å². The first kappa shape index (κ1) is 17.7. The van der Waals surface area contributed by atoms with Crippen LogP contribution in [0.5, 0.6) is 0 Å². The van der Waals surface area contributed by atoms with Crippen molar-refractivity contribution in [2.45, 2.75) is 38.9 Å². The number of amides is 1. The summed E-state index contributed by atoms with van der Waals surface area (Å²) in [6.07, 6.45) is -3.17. The largest absolute Gasteiger partial charge is 0.419 e. The van der Waals surface area contributed by atoms with Crippen LogP contribution in [0.15, 0.2) is 16.7 Å². The van der Waals surface area contributed by atoms with Gasteiger partial charge in [-0.25, -0.2) is 4.98 Å². The van der Waals surface area contributed by atoms with Gasteiger partial charge < -0.3 is 10.6 Å². The molecule has 8 heteroatoms. The van der Waals surface area contributed by atoms with Crippen LogP contribution in [0.2, 0.25) is 0 Å². The summed E-state index contributed by atoms with van der Waals surface area (Å²) >= 11 is 2.96. The van der Waals surface area contributed by atoms with Gasteiger partial charge in [0.25, 0.3) is 0 Å². The maximum Gasteiger partial charge on any atom is 0.419 e. The molecule has 118 valence electrons. The Kier molecular flexibility index (Phi) is 5.61. The first-order valence-corrected chi connectivity index (χ1v) is 7.06. The average molecular weight is 368 g/mol. The predicted octanol–water partition coefficient (Wildman–Crippen LogP) is 3.58. The van der Waals surface area contributed by atoms with E-state index < -0.39 is 11.7 Å². The second kappa shape index (κ2) is 6.64. The topological polar surface area (TPSA) is 54.0 Å². The molecule has 0 aliphatic rings. The maximum absolute atomic E-state index is 12.9. The second-order valence-electron chi connectivity index (χ2n) is 5.52. The summed E-state index contributed by atoms with van der Waals surface area (Å²) in [5.74, 6) is -0.519. The number of pyridine rings is 1. The zero-order valence-electron chi connectivity index (χ0n) is 11.9. The minimum Gasteiger partial charge on any atom is -0.369 e. The van der Waals surface area contributed by atoms with Crippen molar-refractivity contribution in [3.8, 4) is 0 Å². The Hall–Kier alpha value is -1.31. The lowest BCUT2D eigenvalue weighted by molar-refractivity contribution is -0.137. The Morgan fingerprint density at radius 2 is 1.95 bits per heavy atom. The van der Waals surface area contributed by atoms with Gasteiger partial charge in [0.05, 0.1) is 5.56 Å². The van der Waals surface area contributed by atoms with Gasteiger partial charge in [0.2, 0.25) is 5.91 Å². The fraction of sp³-hybridized carbons (Fsp3) is 0.538. The molecule has 1 heterocycles. The molecule has 1 aromatic heterocycles. The Balaban J connectivity index is 2.66. The summed E-state index contributed by atoms with van der Waals surface area (Å²) in [6.45, 7) is 5.56. The number of hydrogen-bond acceptors (Lipinski definition) is 3. The fourth-order valence-corrected chi connectivity index (χ4v) is 1.90. The molecule has 0 aliphatic heterocycles. The molecule has 0 atom stereocenters. The van der Waals surface area contributed by atoms with Crippen LogP contribution >= 0.6 is 15.9 Å². The van der Waals surface area contributed by atoms with Crippen molar-refractivity contribution < 1.29 is 18.0 Å². The van der Waals surface area contributed by atoms with Gasteiger partial charge in [-0.3, -0.25) is 4.79 Å². The summed E-state index contributed by atoms with van der Waals surface area (Å²) in [5.41, 5.74) is -1.24. The van der Waals surface area contributed by atoms with E-state index in [-0.39, 0.29) is 34.7 Å². The molecule has 0 fully saturated rings. The number of aromatic nitrogens is 1. The van der Waals surface area contributed by atoms with Crippen LogP contribution in [-0.2, 0) is 11.0 Å². The molecule has 21 heavy (non-hydrogen) atoms. The Bertz CT molecular complexity index is 512. The molecule has 2 N–H and O–H groups in total. The van der Waals surface area contributed by atoms with Gasteiger partial charge in [0.1, 0.15) is 5.82 Å². The highest BCUT2D eigenvalue weighted by Crippen LogP contribution is 2.35. The molecule has 0 bridgehead atoms. The lowest BCUT2D eigenvalue weighted by Crippen LogP contribution is -2.41. The number of halogens is 4. The van der Waals surface area contributed by atoms with Crippen molar-refractivity contribution in [2.75, 3.05) is 11.9 Å². The van der Waals surface area contributed by atoms with Crippen molar-refractivity contribution in [1.29, 1.82) is 0 Å². The minimum absolute atomic E-state index is 0.0618. The van der Waals surface area contributed by atoms with E-state index in [1.807, 2.05) is 20.8 Å². The van der Waals surface area contributed by atoms with Gasteiger partial charge >= 0.3 is 6.18 Å². The molecular formula is C13H17BrF3N3O. The Morgan fingerprint density at radius 3 is 2.48 bits per heavy atom. The molecule has 0 radical (unpaired) electrons. The van der Waals surface area contributed by atoms with Crippen LogP contribution < -0.4 is 10.6 Å². The number of nitrogens with one attached hydrogen (secondary N) is 2. The van der Waals surface area contributed by atoms with Gasteiger partial charge in [-0.2, -0.15) is 13.2 Å². The van der Waals surface area contributed by atoms with Crippen molar-refractivity contribution in [1.82, 2.24) is 10.3 Å². The Morgan fingerprint density at radius 1 is 1.33 bits per heavy atom. The van der Waals surface area contributed by atoms with Gasteiger partial charge in [-0.1, -0.05) is 0 Å².